The third kappa shape index (κ3) is 4.35. The minimum atomic E-state index is -3.91. The molecule has 0 radical (unpaired) electrons. The molecule has 1 saturated carbocycles. The summed E-state index contributed by atoms with van der Waals surface area (Å²) in [5.74, 6) is 0.283. The van der Waals surface area contributed by atoms with Gasteiger partial charge in [0.25, 0.3) is 10.0 Å². The van der Waals surface area contributed by atoms with E-state index in [9.17, 15) is 8.42 Å². The lowest BCUT2D eigenvalue weighted by Gasteiger charge is -2.45. The van der Waals surface area contributed by atoms with Crippen LogP contribution in [0.3, 0.4) is 0 Å². The molecule has 2 atom stereocenters. The van der Waals surface area contributed by atoms with Gasteiger partial charge in [-0.3, -0.25) is 9.71 Å². The Bertz CT molecular complexity index is 1020. The van der Waals surface area contributed by atoms with Gasteiger partial charge in [-0.05, 0) is 43.9 Å². The number of hydrogen-bond donors (Lipinski definition) is 1. The molecule has 1 aromatic heterocycles. The molecule has 2 unspecified atom stereocenters. The molecule has 1 aliphatic carbocycles. The number of likely N-dealkylation sites (N-methyl/N-ethyl adjacent to an activating group) is 1. The number of pyridine rings is 1. The van der Waals surface area contributed by atoms with Crippen molar-refractivity contribution in [1.29, 1.82) is 0 Å². The Kier molecular flexibility index (Phi) is 5.85. The summed E-state index contributed by atoms with van der Waals surface area (Å²) in [7, 11) is -0.375. The van der Waals surface area contributed by atoms with E-state index in [1.807, 2.05) is 19.9 Å². The second-order valence-electron chi connectivity index (χ2n) is 9.26. The molecule has 1 fully saturated rings. The molecule has 1 aromatic rings. The van der Waals surface area contributed by atoms with Crippen molar-refractivity contribution >= 4 is 21.9 Å². The van der Waals surface area contributed by atoms with E-state index in [0.717, 1.165) is 37.2 Å². The summed E-state index contributed by atoms with van der Waals surface area (Å²) in [6.07, 6.45) is 5.41. The van der Waals surface area contributed by atoms with Crippen LogP contribution in [0.1, 0.15) is 37.9 Å². The van der Waals surface area contributed by atoms with Crippen molar-refractivity contribution in [2.75, 3.05) is 32.0 Å². The molecule has 0 bridgehead atoms. The minimum absolute atomic E-state index is 0.0453. The van der Waals surface area contributed by atoms with E-state index in [2.05, 4.69) is 26.6 Å². The first-order chi connectivity index (χ1) is 14.6. The SMILES string of the molecule is COc1nc2c(cc1NS(=O)(=O)C1=CC(C)C(C3(F)CC(C)C3)N=C1)CCN(C)CC2. The van der Waals surface area contributed by atoms with Gasteiger partial charge in [-0.15, -0.1) is 0 Å². The number of aromatic nitrogens is 1. The van der Waals surface area contributed by atoms with Gasteiger partial charge in [0.15, 0.2) is 0 Å². The number of methoxy groups -OCH3 is 1. The number of alkyl halides is 1. The Labute approximate surface area is 183 Å². The largest absolute Gasteiger partial charge is 0.479 e. The van der Waals surface area contributed by atoms with Crippen LogP contribution in [0.25, 0.3) is 0 Å². The molecule has 31 heavy (non-hydrogen) atoms. The number of sulfonamides is 1. The molecular weight excluding hydrogens is 419 g/mol. The first-order valence-corrected chi connectivity index (χ1v) is 12.3. The van der Waals surface area contributed by atoms with E-state index in [1.165, 1.54) is 13.3 Å². The molecule has 7 nitrogen and oxygen atoms in total. The second-order valence-corrected chi connectivity index (χ2v) is 10.9. The number of anilines is 1. The fourth-order valence-electron chi connectivity index (χ4n) is 4.95. The standard InChI is InChI=1S/C22H31FN4O3S/c1-14-11-22(23,12-14)20-15(2)9-17(13-24-20)31(28,29)26-19-10-16-5-7-27(3)8-6-18(16)25-21(19)30-4/h9-10,13-15,20,26H,5-8,11-12H2,1-4H3. The number of fused-ring (bicyclic) bond motifs is 1. The quantitative estimate of drug-likeness (QED) is 0.746. The van der Waals surface area contributed by atoms with Gasteiger partial charge in [0, 0.05) is 37.3 Å². The Balaban J connectivity index is 1.56. The molecule has 1 N–H and O–H groups in total. The molecule has 0 spiro atoms. The Morgan fingerprint density at radius 3 is 2.61 bits per heavy atom. The Hall–Kier alpha value is -2.00. The first-order valence-electron chi connectivity index (χ1n) is 10.8. The van der Waals surface area contributed by atoms with Gasteiger partial charge in [-0.1, -0.05) is 19.9 Å². The summed E-state index contributed by atoms with van der Waals surface area (Å²) in [5, 5.41) is 0. The predicted molar refractivity (Wildman–Crippen MR) is 120 cm³/mol. The summed E-state index contributed by atoms with van der Waals surface area (Å²) in [5.41, 5.74) is 0.916. The molecule has 3 aliphatic rings. The van der Waals surface area contributed by atoms with Crippen LogP contribution in [0.4, 0.5) is 10.1 Å². The number of rotatable bonds is 5. The Morgan fingerprint density at radius 2 is 1.97 bits per heavy atom. The molecule has 0 saturated heterocycles. The zero-order valence-electron chi connectivity index (χ0n) is 18.6. The monoisotopic (exact) mass is 450 g/mol. The highest BCUT2D eigenvalue weighted by atomic mass is 32.2. The number of allylic oxidation sites excluding steroid dienone is 1. The molecule has 2 aliphatic heterocycles. The van der Waals surface area contributed by atoms with E-state index >= 15 is 4.39 Å². The van der Waals surface area contributed by atoms with Gasteiger partial charge in [-0.25, -0.2) is 17.8 Å². The van der Waals surface area contributed by atoms with Crippen LogP contribution in [-0.4, -0.2) is 63.5 Å². The third-order valence-electron chi connectivity index (χ3n) is 6.59. The van der Waals surface area contributed by atoms with Gasteiger partial charge >= 0.3 is 0 Å². The fourth-order valence-corrected chi connectivity index (χ4v) is 6.09. The molecule has 170 valence electrons. The van der Waals surface area contributed by atoms with Crippen molar-refractivity contribution in [2.45, 2.75) is 51.2 Å². The second kappa shape index (κ2) is 8.16. The van der Waals surface area contributed by atoms with Crippen molar-refractivity contribution in [3.05, 3.63) is 28.3 Å². The summed E-state index contributed by atoms with van der Waals surface area (Å²) in [6.45, 7) is 5.62. The molecule has 9 heteroatoms. The number of nitrogens with zero attached hydrogens (tertiary/aromatic N) is 3. The molecule has 3 heterocycles. The van der Waals surface area contributed by atoms with E-state index in [4.69, 9.17) is 4.74 Å². The van der Waals surface area contributed by atoms with Crippen molar-refractivity contribution < 1.29 is 17.5 Å². The van der Waals surface area contributed by atoms with Crippen LogP contribution in [0.15, 0.2) is 22.0 Å². The summed E-state index contributed by atoms with van der Waals surface area (Å²) in [6, 6.07) is 1.28. The third-order valence-corrected chi connectivity index (χ3v) is 7.94. The predicted octanol–water partition coefficient (Wildman–Crippen LogP) is 2.97. The molecule has 0 amide bonds. The molecule has 4 rings (SSSR count). The van der Waals surface area contributed by atoms with Crippen LogP contribution >= 0.6 is 0 Å². The molecule has 0 aromatic carbocycles. The average Bonchev–Trinajstić information content (AvgIpc) is 2.87. The van der Waals surface area contributed by atoms with Crippen LogP contribution < -0.4 is 9.46 Å². The zero-order chi connectivity index (χ0) is 22.4. The van der Waals surface area contributed by atoms with Crippen LogP contribution in [0, 0.1) is 11.8 Å². The number of ether oxygens (including phenoxy) is 1. The van der Waals surface area contributed by atoms with E-state index < -0.39 is 21.7 Å². The number of aliphatic imine (C=N–C) groups is 1. The lowest BCUT2D eigenvalue weighted by molar-refractivity contribution is -0.0174. The number of halogens is 1. The van der Waals surface area contributed by atoms with E-state index in [-0.39, 0.29) is 16.7 Å². The summed E-state index contributed by atoms with van der Waals surface area (Å²) < 4.78 is 49.2. The molecular formula is C22H31FN4O3S. The Morgan fingerprint density at radius 1 is 1.26 bits per heavy atom. The van der Waals surface area contributed by atoms with Crippen molar-refractivity contribution in [2.24, 2.45) is 16.8 Å². The smallest absolute Gasteiger partial charge is 0.263 e. The minimum Gasteiger partial charge on any atom is -0.479 e. The average molecular weight is 451 g/mol. The van der Waals surface area contributed by atoms with Crippen molar-refractivity contribution in [3.63, 3.8) is 0 Å². The lowest BCUT2D eigenvalue weighted by atomic mass is 9.66. The highest BCUT2D eigenvalue weighted by Gasteiger charge is 2.51. The van der Waals surface area contributed by atoms with E-state index in [0.29, 0.717) is 24.4 Å². The maximum Gasteiger partial charge on any atom is 0.263 e. The maximum absolute atomic E-state index is 15.0. The van der Waals surface area contributed by atoms with Crippen LogP contribution in [0.2, 0.25) is 0 Å². The van der Waals surface area contributed by atoms with E-state index in [1.54, 1.807) is 6.08 Å². The van der Waals surface area contributed by atoms with Crippen molar-refractivity contribution in [1.82, 2.24) is 9.88 Å². The number of dihydropyridines is 1. The maximum atomic E-state index is 15.0. The lowest BCUT2D eigenvalue weighted by Crippen LogP contribution is -2.51. The number of hydrogen-bond acceptors (Lipinski definition) is 6. The first kappa shape index (κ1) is 22.2. The van der Waals surface area contributed by atoms with Gasteiger partial charge in [-0.2, -0.15) is 0 Å². The van der Waals surface area contributed by atoms with Gasteiger partial charge < -0.3 is 9.64 Å². The van der Waals surface area contributed by atoms with Crippen LogP contribution in [-0.2, 0) is 22.9 Å². The van der Waals surface area contributed by atoms with Gasteiger partial charge in [0.05, 0.1) is 13.2 Å². The van der Waals surface area contributed by atoms with Gasteiger partial charge in [0.1, 0.15) is 16.3 Å². The highest BCUT2D eigenvalue weighted by molar-refractivity contribution is 7.97. The summed E-state index contributed by atoms with van der Waals surface area (Å²) >= 11 is 0. The fraction of sp³-hybridized carbons (Fsp3) is 0.636. The van der Waals surface area contributed by atoms with Crippen molar-refractivity contribution in [3.8, 4) is 5.88 Å². The zero-order valence-corrected chi connectivity index (χ0v) is 19.4. The highest BCUT2D eigenvalue weighted by Crippen LogP contribution is 2.47. The van der Waals surface area contributed by atoms with Crippen LogP contribution in [0.5, 0.6) is 5.88 Å². The number of nitrogens with one attached hydrogen (secondary N) is 1. The van der Waals surface area contributed by atoms with Gasteiger partial charge in [0.2, 0.25) is 5.88 Å². The topological polar surface area (TPSA) is 83.9 Å². The summed E-state index contributed by atoms with van der Waals surface area (Å²) in [4.78, 5) is 11.2. The normalized spacial score (nSPS) is 31.3.